The van der Waals surface area contributed by atoms with Crippen LogP contribution < -0.4 is 20.4 Å². The topological polar surface area (TPSA) is 56.3 Å². The quantitative estimate of drug-likeness (QED) is 0.588. The molecule has 0 saturated carbocycles. The maximum atomic E-state index is 6.26. The van der Waals surface area contributed by atoms with Crippen molar-refractivity contribution in [2.75, 3.05) is 41.3 Å². The summed E-state index contributed by atoms with van der Waals surface area (Å²) in [7, 11) is 0. The van der Waals surface area contributed by atoms with E-state index in [-0.39, 0.29) is 0 Å². The van der Waals surface area contributed by atoms with Gasteiger partial charge in [-0.05, 0) is 61.4 Å². The molecule has 2 fully saturated rings. The molecule has 0 bridgehead atoms. The monoisotopic (exact) mass is 472 g/mol. The van der Waals surface area contributed by atoms with E-state index in [1.165, 1.54) is 25.7 Å². The Morgan fingerprint density at radius 2 is 1.75 bits per heavy atom. The lowest BCUT2D eigenvalue weighted by Gasteiger charge is -2.34. The highest BCUT2D eigenvalue weighted by atomic mass is 35.5. The standard InChI is InChI=1S/C24H33ClN6S/c1-17-9-12-30(13-10-17)21-14-22(31-11-5-6-18(2)16-31)28-23(27-21)29-24(32)26-15-19-7-3-4-8-20(19)25/h3-4,7-8,14,17-18H,5-6,9-13,15-16H2,1-2H3,(H2,26,27,28,29,32)/t18-/m0/s1. The molecular formula is C24H33ClN6S. The molecule has 2 aromatic rings. The summed E-state index contributed by atoms with van der Waals surface area (Å²) in [5, 5.41) is 7.66. The second-order valence-electron chi connectivity index (χ2n) is 9.17. The van der Waals surface area contributed by atoms with Crippen molar-refractivity contribution in [2.45, 2.75) is 46.1 Å². The molecule has 0 aliphatic carbocycles. The van der Waals surface area contributed by atoms with E-state index < -0.39 is 0 Å². The molecule has 2 saturated heterocycles. The average Bonchev–Trinajstić information content (AvgIpc) is 2.79. The van der Waals surface area contributed by atoms with Crippen LogP contribution in [-0.4, -0.2) is 41.3 Å². The molecule has 6 nitrogen and oxygen atoms in total. The van der Waals surface area contributed by atoms with E-state index >= 15 is 0 Å². The van der Waals surface area contributed by atoms with Crippen molar-refractivity contribution in [3.63, 3.8) is 0 Å². The third kappa shape index (κ3) is 6.01. The van der Waals surface area contributed by atoms with E-state index in [2.05, 4.69) is 40.3 Å². The van der Waals surface area contributed by atoms with Gasteiger partial charge in [0.05, 0.1) is 0 Å². The van der Waals surface area contributed by atoms with E-state index in [0.29, 0.717) is 23.5 Å². The van der Waals surface area contributed by atoms with Crippen molar-refractivity contribution in [3.05, 3.63) is 40.9 Å². The lowest BCUT2D eigenvalue weighted by molar-refractivity contribution is 0.435. The van der Waals surface area contributed by atoms with Gasteiger partial charge in [0.1, 0.15) is 11.6 Å². The van der Waals surface area contributed by atoms with Crippen molar-refractivity contribution in [1.82, 2.24) is 15.3 Å². The minimum Gasteiger partial charge on any atom is -0.358 e. The number of aromatic nitrogens is 2. The lowest BCUT2D eigenvalue weighted by atomic mass is 9.99. The Kier molecular flexibility index (Phi) is 7.68. The predicted molar refractivity (Wildman–Crippen MR) is 138 cm³/mol. The summed E-state index contributed by atoms with van der Waals surface area (Å²) in [5.74, 6) is 3.96. The first-order valence-electron chi connectivity index (χ1n) is 11.6. The molecule has 2 aliphatic heterocycles. The van der Waals surface area contributed by atoms with Crippen LogP contribution in [0.3, 0.4) is 0 Å². The highest BCUT2D eigenvalue weighted by Gasteiger charge is 2.22. The summed E-state index contributed by atoms with van der Waals surface area (Å²) in [6.45, 7) is 9.31. The SMILES string of the molecule is CC1CCN(c2cc(N3CCC[C@H](C)C3)nc(NC(=S)NCc3ccccc3Cl)n2)CC1. The van der Waals surface area contributed by atoms with Crippen LogP contribution in [0.25, 0.3) is 0 Å². The fraction of sp³-hybridized carbons (Fsp3) is 0.542. The van der Waals surface area contributed by atoms with Crippen molar-refractivity contribution in [3.8, 4) is 0 Å². The first-order valence-corrected chi connectivity index (χ1v) is 12.4. The molecule has 8 heteroatoms. The first kappa shape index (κ1) is 23.1. The number of rotatable bonds is 5. The number of nitrogens with zero attached hydrogens (tertiary/aromatic N) is 4. The molecule has 4 rings (SSSR count). The zero-order valence-corrected chi connectivity index (χ0v) is 20.6. The van der Waals surface area contributed by atoms with Crippen LogP contribution in [0.1, 0.15) is 45.1 Å². The number of hydrogen-bond acceptors (Lipinski definition) is 5. The van der Waals surface area contributed by atoms with E-state index in [9.17, 15) is 0 Å². The number of thiocarbonyl (C=S) groups is 1. The zero-order chi connectivity index (χ0) is 22.5. The Morgan fingerprint density at radius 3 is 2.47 bits per heavy atom. The summed E-state index contributed by atoms with van der Waals surface area (Å²) >= 11 is 11.8. The lowest BCUT2D eigenvalue weighted by Crippen LogP contribution is -2.37. The third-order valence-corrected chi connectivity index (χ3v) is 7.03. The number of hydrogen-bond donors (Lipinski definition) is 2. The molecule has 1 atom stereocenters. The van der Waals surface area contributed by atoms with Crippen molar-refractivity contribution >= 4 is 46.5 Å². The van der Waals surface area contributed by atoms with Gasteiger partial charge in [-0.1, -0.05) is 43.6 Å². The Balaban J connectivity index is 1.50. The maximum absolute atomic E-state index is 6.26. The molecule has 172 valence electrons. The summed E-state index contributed by atoms with van der Waals surface area (Å²) in [6, 6.07) is 9.91. The molecule has 1 aromatic heterocycles. The Bertz CT molecular complexity index is 930. The van der Waals surface area contributed by atoms with Crippen LogP contribution in [0.2, 0.25) is 5.02 Å². The van der Waals surface area contributed by atoms with Gasteiger partial charge in [-0.2, -0.15) is 9.97 Å². The van der Waals surface area contributed by atoms with Gasteiger partial charge >= 0.3 is 0 Å². The van der Waals surface area contributed by atoms with E-state index in [1.807, 2.05) is 24.3 Å². The van der Waals surface area contributed by atoms with Crippen LogP contribution in [0, 0.1) is 11.8 Å². The summed E-state index contributed by atoms with van der Waals surface area (Å²) in [6.07, 6.45) is 4.86. The minimum atomic E-state index is 0.493. The van der Waals surface area contributed by atoms with Gasteiger partial charge in [0.2, 0.25) is 5.95 Å². The molecule has 1 aromatic carbocycles. The van der Waals surface area contributed by atoms with E-state index in [1.54, 1.807) is 0 Å². The van der Waals surface area contributed by atoms with Gasteiger partial charge < -0.3 is 20.4 Å². The van der Waals surface area contributed by atoms with Gasteiger partial charge in [-0.3, -0.25) is 0 Å². The van der Waals surface area contributed by atoms with Gasteiger partial charge in [0, 0.05) is 43.8 Å². The number of benzene rings is 1. The summed E-state index contributed by atoms with van der Waals surface area (Å²) in [5.41, 5.74) is 0.999. The number of halogens is 1. The minimum absolute atomic E-state index is 0.493. The summed E-state index contributed by atoms with van der Waals surface area (Å²) < 4.78 is 0. The van der Waals surface area contributed by atoms with Gasteiger partial charge in [0.15, 0.2) is 5.11 Å². The second-order valence-corrected chi connectivity index (χ2v) is 9.99. The van der Waals surface area contributed by atoms with E-state index in [0.717, 1.165) is 54.3 Å². The molecule has 2 N–H and O–H groups in total. The normalized spacial score (nSPS) is 19.7. The molecule has 32 heavy (non-hydrogen) atoms. The first-order chi connectivity index (χ1) is 15.5. The van der Waals surface area contributed by atoms with Crippen molar-refractivity contribution in [2.24, 2.45) is 11.8 Å². The second kappa shape index (κ2) is 10.7. The van der Waals surface area contributed by atoms with Crippen LogP contribution in [0.15, 0.2) is 30.3 Å². The van der Waals surface area contributed by atoms with Gasteiger partial charge in [0.25, 0.3) is 0 Å². The Hall–Kier alpha value is -2.12. The largest absolute Gasteiger partial charge is 0.358 e. The van der Waals surface area contributed by atoms with Crippen molar-refractivity contribution < 1.29 is 0 Å². The Labute approximate surface area is 201 Å². The van der Waals surface area contributed by atoms with Crippen LogP contribution in [0.5, 0.6) is 0 Å². The van der Waals surface area contributed by atoms with Gasteiger partial charge in [-0.15, -0.1) is 0 Å². The molecular weight excluding hydrogens is 440 g/mol. The predicted octanol–water partition coefficient (Wildman–Crippen LogP) is 5.09. The fourth-order valence-electron chi connectivity index (χ4n) is 4.40. The third-order valence-electron chi connectivity index (χ3n) is 6.41. The molecule has 0 spiro atoms. The van der Waals surface area contributed by atoms with Crippen LogP contribution >= 0.6 is 23.8 Å². The van der Waals surface area contributed by atoms with E-state index in [4.69, 9.17) is 33.8 Å². The van der Waals surface area contributed by atoms with Gasteiger partial charge in [-0.25, -0.2) is 0 Å². The number of anilines is 3. The molecule has 2 aliphatic rings. The summed E-state index contributed by atoms with van der Waals surface area (Å²) in [4.78, 5) is 14.4. The maximum Gasteiger partial charge on any atom is 0.232 e. The number of piperidine rings is 2. The highest BCUT2D eigenvalue weighted by Crippen LogP contribution is 2.28. The van der Waals surface area contributed by atoms with Crippen LogP contribution in [0.4, 0.5) is 17.6 Å². The smallest absolute Gasteiger partial charge is 0.232 e. The average molecular weight is 473 g/mol. The molecule has 0 radical (unpaired) electrons. The number of nitrogens with one attached hydrogen (secondary N) is 2. The fourth-order valence-corrected chi connectivity index (χ4v) is 4.77. The molecule has 3 heterocycles. The van der Waals surface area contributed by atoms with Crippen LogP contribution in [-0.2, 0) is 6.54 Å². The highest BCUT2D eigenvalue weighted by molar-refractivity contribution is 7.80. The Morgan fingerprint density at radius 1 is 1.03 bits per heavy atom. The zero-order valence-electron chi connectivity index (χ0n) is 19.0. The van der Waals surface area contributed by atoms with Crippen molar-refractivity contribution in [1.29, 1.82) is 0 Å². The molecule has 0 unspecified atom stereocenters. The molecule has 0 amide bonds.